The molecule has 1 aromatic carbocycles. The lowest BCUT2D eigenvalue weighted by molar-refractivity contribution is -0.139. The predicted molar refractivity (Wildman–Crippen MR) is 104 cm³/mol. The second kappa shape index (κ2) is 9.37. The number of amides is 4. The van der Waals surface area contributed by atoms with E-state index in [2.05, 4.69) is 21.3 Å². The number of likely N-dealkylation sites (N-methyl/N-ethyl adjacent to an activating group) is 1. The molecule has 11 heteroatoms. The number of nitrogens with one attached hydrogen (secondary N) is 4. The number of rotatable bonds is 7. The van der Waals surface area contributed by atoms with Crippen molar-refractivity contribution in [1.82, 2.24) is 16.0 Å². The molecule has 0 saturated carbocycles. The first-order valence-electron chi connectivity index (χ1n) is 8.79. The van der Waals surface area contributed by atoms with Gasteiger partial charge in [0.25, 0.3) is 11.8 Å². The zero-order valence-electron chi connectivity index (χ0n) is 15.7. The molecule has 10 nitrogen and oxygen atoms in total. The van der Waals surface area contributed by atoms with Crippen LogP contribution in [0, 0.1) is 5.92 Å². The first kappa shape index (κ1) is 22.2. The number of hydrogen-bond acceptors (Lipinski definition) is 5. The third-order valence-electron chi connectivity index (χ3n) is 4.46. The van der Waals surface area contributed by atoms with Crippen LogP contribution in [0.15, 0.2) is 18.2 Å². The molecule has 0 spiro atoms. The summed E-state index contributed by atoms with van der Waals surface area (Å²) in [7, 11) is 1.27. The van der Waals surface area contributed by atoms with E-state index >= 15 is 0 Å². The van der Waals surface area contributed by atoms with Crippen molar-refractivity contribution < 1.29 is 29.1 Å². The van der Waals surface area contributed by atoms with Crippen LogP contribution in [0.1, 0.15) is 30.1 Å². The molecule has 1 aliphatic heterocycles. The van der Waals surface area contributed by atoms with Gasteiger partial charge in [-0.15, -0.1) is 0 Å². The van der Waals surface area contributed by atoms with Gasteiger partial charge in [0.1, 0.15) is 0 Å². The highest BCUT2D eigenvalue weighted by molar-refractivity contribution is 6.38. The van der Waals surface area contributed by atoms with E-state index in [-0.39, 0.29) is 34.6 Å². The quantitative estimate of drug-likeness (QED) is 0.407. The molecule has 2 rings (SSSR count). The lowest BCUT2D eigenvalue weighted by Crippen LogP contribution is -2.48. The summed E-state index contributed by atoms with van der Waals surface area (Å²) >= 11 is 5.90. The van der Waals surface area contributed by atoms with Gasteiger partial charge >= 0.3 is 6.09 Å². The summed E-state index contributed by atoms with van der Waals surface area (Å²) in [5.74, 6) is -3.47. The summed E-state index contributed by atoms with van der Waals surface area (Å²) in [5, 5.41) is 18.5. The zero-order valence-corrected chi connectivity index (χ0v) is 16.5. The smallest absolute Gasteiger partial charge is 0.409 e. The zero-order chi connectivity index (χ0) is 21.7. The normalized spacial score (nSPS) is 19.1. The Balaban J connectivity index is 2.28. The Morgan fingerprint density at radius 1 is 1.31 bits per heavy atom. The third kappa shape index (κ3) is 5.67. The minimum atomic E-state index is -1.39. The van der Waals surface area contributed by atoms with Crippen molar-refractivity contribution in [2.24, 2.45) is 5.92 Å². The molecule has 0 bridgehead atoms. The minimum Gasteiger partial charge on any atom is -0.465 e. The van der Waals surface area contributed by atoms with Gasteiger partial charge in [0.05, 0.1) is 17.3 Å². The largest absolute Gasteiger partial charge is 0.465 e. The van der Waals surface area contributed by atoms with Gasteiger partial charge in [-0.1, -0.05) is 11.6 Å². The molecule has 4 amide bonds. The van der Waals surface area contributed by atoms with Gasteiger partial charge in [0, 0.05) is 24.0 Å². The van der Waals surface area contributed by atoms with Crippen molar-refractivity contribution in [1.29, 1.82) is 0 Å². The van der Waals surface area contributed by atoms with Crippen molar-refractivity contribution in [3.63, 3.8) is 0 Å². The van der Waals surface area contributed by atoms with Gasteiger partial charge in [-0.2, -0.15) is 0 Å². The third-order valence-corrected chi connectivity index (χ3v) is 4.69. The van der Waals surface area contributed by atoms with Crippen molar-refractivity contribution in [2.45, 2.75) is 31.8 Å². The van der Waals surface area contributed by atoms with Crippen LogP contribution in [0.3, 0.4) is 0 Å². The van der Waals surface area contributed by atoms with Crippen LogP contribution in [0.5, 0.6) is 0 Å². The number of anilines is 1. The highest BCUT2D eigenvalue weighted by Crippen LogP contribution is 2.23. The topological polar surface area (TPSA) is 154 Å². The average Bonchev–Trinajstić information content (AvgIpc) is 2.97. The van der Waals surface area contributed by atoms with Crippen LogP contribution >= 0.6 is 11.6 Å². The molecular weight excluding hydrogens is 404 g/mol. The van der Waals surface area contributed by atoms with E-state index in [1.54, 1.807) is 0 Å². The highest BCUT2D eigenvalue weighted by atomic mass is 35.5. The Morgan fingerprint density at radius 3 is 2.55 bits per heavy atom. The van der Waals surface area contributed by atoms with Gasteiger partial charge in [-0.25, -0.2) is 4.79 Å². The molecule has 0 radical (unpaired) electrons. The number of carboxylic acid groups (broad SMARTS) is 1. The van der Waals surface area contributed by atoms with E-state index in [0.717, 1.165) is 0 Å². The van der Waals surface area contributed by atoms with Crippen LogP contribution in [0.4, 0.5) is 10.5 Å². The molecule has 1 aliphatic rings. The lowest BCUT2D eigenvalue weighted by atomic mass is 9.93. The second-order valence-corrected chi connectivity index (χ2v) is 7.10. The van der Waals surface area contributed by atoms with E-state index in [4.69, 9.17) is 16.7 Å². The van der Waals surface area contributed by atoms with Gasteiger partial charge in [-0.3, -0.25) is 24.5 Å². The van der Waals surface area contributed by atoms with Crippen molar-refractivity contribution in [2.75, 3.05) is 12.4 Å². The molecule has 1 fully saturated rings. The van der Waals surface area contributed by atoms with E-state index in [0.29, 0.717) is 6.42 Å². The maximum atomic E-state index is 12.8. The van der Waals surface area contributed by atoms with Crippen LogP contribution in [0.2, 0.25) is 5.02 Å². The van der Waals surface area contributed by atoms with E-state index in [1.807, 2.05) is 6.92 Å². The fourth-order valence-corrected chi connectivity index (χ4v) is 3.29. The van der Waals surface area contributed by atoms with Gasteiger partial charge in [0.2, 0.25) is 11.7 Å². The Bertz CT molecular complexity index is 859. The standard InChI is InChI=1S/C18H21ClN4O6/c1-8-5-9(15(25)21-8)6-13(14(24)17(27)20-2)22-16(26)11-7-10(19)3-4-12(11)23-18(28)29/h3-4,7-9,13,23H,5-6H2,1-2H3,(H,20,27)(H,21,25)(H,22,26)(H,28,29)/t8-,9+,13+/m1/s1. The maximum Gasteiger partial charge on any atom is 0.409 e. The number of hydrogen-bond donors (Lipinski definition) is 5. The number of Topliss-reactive ketones (excluding diaryl/α,β-unsaturated/α-hetero) is 1. The average molecular weight is 425 g/mol. The fraction of sp³-hybridized carbons (Fsp3) is 0.389. The van der Waals surface area contributed by atoms with Crippen molar-refractivity contribution >= 4 is 46.9 Å². The summed E-state index contributed by atoms with van der Waals surface area (Å²) in [6.45, 7) is 1.81. The molecule has 1 aromatic rings. The first-order chi connectivity index (χ1) is 13.6. The van der Waals surface area contributed by atoms with Gasteiger partial charge in [0.15, 0.2) is 0 Å². The van der Waals surface area contributed by atoms with Crippen LogP contribution in [-0.2, 0) is 14.4 Å². The van der Waals surface area contributed by atoms with E-state index < -0.39 is 35.7 Å². The molecule has 156 valence electrons. The molecule has 0 aromatic heterocycles. The minimum absolute atomic E-state index is 0.0437. The number of carbonyl (C=O) groups excluding carboxylic acids is 4. The monoisotopic (exact) mass is 424 g/mol. The molecule has 29 heavy (non-hydrogen) atoms. The first-order valence-corrected chi connectivity index (χ1v) is 9.16. The number of ketones is 1. The van der Waals surface area contributed by atoms with Crippen molar-refractivity contribution in [3.05, 3.63) is 28.8 Å². The Labute approximate surface area is 171 Å². The van der Waals surface area contributed by atoms with E-state index in [1.165, 1.54) is 25.2 Å². The summed E-state index contributed by atoms with van der Waals surface area (Å²) in [6.07, 6.45) is -1.01. The molecule has 0 aliphatic carbocycles. The Morgan fingerprint density at radius 2 is 2.00 bits per heavy atom. The summed E-state index contributed by atoms with van der Waals surface area (Å²) in [5.41, 5.74) is -0.170. The summed E-state index contributed by atoms with van der Waals surface area (Å²) in [6, 6.07) is 2.56. The van der Waals surface area contributed by atoms with E-state index in [9.17, 15) is 24.0 Å². The highest BCUT2D eigenvalue weighted by Gasteiger charge is 2.36. The Hall–Kier alpha value is -3.14. The van der Waals surface area contributed by atoms with Crippen LogP contribution < -0.4 is 21.3 Å². The van der Waals surface area contributed by atoms with Gasteiger partial charge < -0.3 is 21.1 Å². The summed E-state index contributed by atoms with van der Waals surface area (Å²) < 4.78 is 0. The van der Waals surface area contributed by atoms with Crippen molar-refractivity contribution in [3.8, 4) is 0 Å². The number of halogens is 1. The molecule has 1 heterocycles. The molecule has 5 N–H and O–H groups in total. The Kier molecular flexibility index (Phi) is 7.16. The molecule has 3 atom stereocenters. The molecular formula is C18H21ClN4O6. The number of carbonyl (C=O) groups is 5. The molecule has 0 unspecified atom stereocenters. The summed E-state index contributed by atoms with van der Waals surface area (Å²) in [4.78, 5) is 60.0. The van der Waals surface area contributed by atoms with Gasteiger partial charge in [-0.05, 0) is 38.0 Å². The predicted octanol–water partition coefficient (Wildman–Crippen LogP) is 0.758. The van der Waals surface area contributed by atoms with Crippen LogP contribution in [0.25, 0.3) is 0 Å². The fourth-order valence-electron chi connectivity index (χ4n) is 3.12. The maximum absolute atomic E-state index is 12.8. The SMILES string of the molecule is CNC(=O)C(=O)[C@H](C[C@@H]1C[C@@H](C)NC1=O)NC(=O)c1cc(Cl)ccc1NC(=O)O. The lowest BCUT2D eigenvalue weighted by Gasteiger charge is -2.20. The molecule has 1 saturated heterocycles. The second-order valence-electron chi connectivity index (χ2n) is 6.67. The van der Waals surface area contributed by atoms with Crippen LogP contribution in [-0.4, -0.2) is 53.8 Å². The number of benzene rings is 1.